The summed E-state index contributed by atoms with van der Waals surface area (Å²) in [5, 5.41) is 0. The topological polar surface area (TPSA) is 107 Å². The predicted molar refractivity (Wildman–Crippen MR) is 174 cm³/mol. The largest absolute Gasteiger partial charge is 0.330 e. The van der Waals surface area contributed by atoms with Crippen LogP contribution in [0.5, 0.6) is 0 Å². The molecule has 232 valence electrons. The third-order valence-electron chi connectivity index (χ3n) is 7.75. The molecule has 0 aliphatic heterocycles. The normalized spacial score (nSPS) is 12.9. The number of nitrogens with two attached hydrogens (primary N) is 4. The molecule has 0 spiro atoms. The molecule has 0 aromatic rings. The quantitative estimate of drug-likeness (QED) is 0.0720. The first-order chi connectivity index (χ1) is 18.5. The molecule has 0 rings (SSSR count). The summed E-state index contributed by atoms with van der Waals surface area (Å²) >= 11 is 0. The van der Waals surface area contributed by atoms with Gasteiger partial charge in [0.05, 0.1) is 0 Å². The average Bonchev–Trinajstić information content (AvgIpc) is 2.92. The number of hydrogen-bond donors (Lipinski definition) is 4. The Morgan fingerprint density at radius 2 is 0.763 bits per heavy atom. The minimum absolute atomic E-state index is 0.147. The lowest BCUT2D eigenvalue weighted by Crippen LogP contribution is -2.38. The summed E-state index contributed by atoms with van der Waals surface area (Å²) in [4.78, 5) is 2.55. The van der Waals surface area contributed by atoms with Gasteiger partial charge in [0.2, 0.25) is 0 Å². The molecule has 8 N–H and O–H groups in total. The molecule has 0 fully saturated rings. The second kappa shape index (κ2) is 34.8. The third-order valence-corrected chi connectivity index (χ3v) is 7.75. The molecule has 2 unspecified atom stereocenters. The van der Waals surface area contributed by atoms with Crippen LogP contribution in [0.2, 0.25) is 0 Å². The molecule has 5 heteroatoms. The van der Waals surface area contributed by atoms with Crippen molar-refractivity contribution < 1.29 is 0 Å². The van der Waals surface area contributed by atoms with Crippen molar-refractivity contribution >= 4 is 0 Å². The Balaban J connectivity index is 0. The van der Waals surface area contributed by atoms with Crippen molar-refractivity contribution in [2.24, 2.45) is 22.9 Å². The van der Waals surface area contributed by atoms with Crippen LogP contribution >= 0.6 is 0 Å². The van der Waals surface area contributed by atoms with Crippen LogP contribution < -0.4 is 22.9 Å². The standard InChI is InChI=1S/C18H41N3.C15H34N2/c1-2-3-4-5-6-7-8-9-10-11-16-21(17-12-14-19)18-13-15-20;1-3-4-5-6-7-8-9-10-11-12-13-15(17)14(2)16/h2-20H2,1H3;14-15H,3-13,16-17H2,1-2H3. The SMILES string of the molecule is CCCCCCCCCCCCC(N)C(C)N.CCCCCCCCCCCCN(CCCN)CCCN. The summed E-state index contributed by atoms with van der Waals surface area (Å²) in [5.74, 6) is 0. The molecular formula is C33H75N5. The van der Waals surface area contributed by atoms with E-state index >= 15 is 0 Å². The second-order valence-electron chi connectivity index (χ2n) is 11.8. The zero-order chi connectivity index (χ0) is 28.5. The highest BCUT2D eigenvalue weighted by Crippen LogP contribution is 2.12. The van der Waals surface area contributed by atoms with Gasteiger partial charge in [-0.3, -0.25) is 0 Å². The first kappa shape index (κ1) is 39.9. The fourth-order valence-corrected chi connectivity index (χ4v) is 4.92. The Hall–Kier alpha value is -0.200. The minimum atomic E-state index is 0.147. The Bertz CT molecular complexity index is 397. The average molecular weight is 542 g/mol. The van der Waals surface area contributed by atoms with Crippen LogP contribution in [0, 0.1) is 0 Å². The molecule has 0 radical (unpaired) electrons. The Morgan fingerprint density at radius 3 is 1.11 bits per heavy atom. The summed E-state index contributed by atoms with van der Waals surface area (Å²) in [6, 6.07) is 0.345. The van der Waals surface area contributed by atoms with Gasteiger partial charge in [-0.05, 0) is 65.3 Å². The number of rotatable bonds is 29. The molecule has 0 aromatic carbocycles. The maximum atomic E-state index is 5.90. The van der Waals surface area contributed by atoms with E-state index in [1.165, 1.54) is 135 Å². The zero-order valence-electron chi connectivity index (χ0n) is 26.7. The van der Waals surface area contributed by atoms with E-state index in [1.807, 2.05) is 6.92 Å². The molecule has 2 atom stereocenters. The number of unbranched alkanes of at least 4 members (excludes halogenated alkanes) is 18. The lowest BCUT2D eigenvalue weighted by atomic mass is 10.0. The summed E-state index contributed by atoms with van der Waals surface area (Å²) < 4.78 is 0. The molecule has 0 bridgehead atoms. The van der Waals surface area contributed by atoms with Crippen molar-refractivity contribution in [2.45, 2.75) is 181 Å². The highest BCUT2D eigenvalue weighted by molar-refractivity contribution is 4.70. The van der Waals surface area contributed by atoms with E-state index in [-0.39, 0.29) is 12.1 Å². The van der Waals surface area contributed by atoms with Gasteiger partial charge in [0.25, 0.3) is 0 Å². The summed E-state index contributed by atoms with van der Waals surface area (Å²) in [5.41, 5.74) is 22.8. The predicted octanol–water partition coefficient (Wildman–Crippen LogP) is 7.88. The second-order valence-corrected chi connectivity index (χ2v) is 11.8. The lowest BCUT2D eigenvalue weighted by molar-refractivity contribution is 0.263. The minimum Gasteiger partial charge on any atom is -0.330 e. The molecule has 0 heterocycles. The van der Waals surface area contributed by atoms with Crippen LogP contribution in [0.4, 0.5) is 0 Å². The van der Waals surface area contributed by atoms with Gasteiger partial charge >= 0.3 is 0 Å². The fraction of sp³-hybridized carbons (Fsp3) is 1.00. The molecular weight excluding hydrogens is 466 g/mol. The van der Waals surface area contributed by atoms with E-state index < -0.39 is 0 Å². The molecule has 0 aromatic heterocycles. The van der Waals surface area contributed by atoms with Crippen LogP contribution in [0.1, 0.15) is 168 Å². The van der Waals surface area contributed by atoms with E-state index in [1.54, 1.807) is 0 Å². The van der Waals surface area contributed by atoms with Crippen molar-refractivity contribution in [1.29, 1.82) is 0 Å². The first-order valence-electron chi connectivity index (χ1n) is 17.2. The van der Waals surface area contributed by atoms with E-state index in [9.17, 15) is 0 Å². The van der Waals surface area contributed by atoms with E-state index in [0.29, 0.717) is 0 Å². The fourth-order valence-electron chi connectivity index (χ4n) is 4.92. The summed E-state index contributed by atoms with van der Waals surface area (Å²) in [7, 11) is 0. The van der Waals surface area contributed by atoms with E-state index in [2.05, 4.69) is 18.7 Å². The number of nitrogens with zero attached hydrogens (tertiary/aromatic N) is 1. The Labute approximate surface area is 241 Å². The third kappa shape index (κ3) is 33.8. The van der Waals surface area contributed by atoms with Crippen LogP contribution in [-0.2, 0) is 0 Å². The van der Waals surface area contributed by atoms with Gasteiger partial charge in [0.1, 0.15) is 0 Å². The number of hydrogen-bond acceptors (Lipinski definition) is 5. The molecule has 0 amide bonds. The van der Waals surface area contributed by atoms with Crippen LogP contribution in [0.3, 0.4) is 0 Å². The van der Waals surface area contributed by atoms with Crippen LogP contribution in [-0.4, -0.2) is 49.7 Å². The molecule has 38 heavy (non-hydrogen) atoms. The maximum Gasteiger partial charge on any atom is 0.0189 e. The smallest absolute Gasteiger partial charge is 0.0189 e. The summed E-state index contributed by atoms with van der Waals surface area (Å²) in [6.45, 7) is 11.7. The molecule has 0 aliphatic rings. The van der Waals surface area contributed by atoms with Gasteiger partial charge in [0, 0.05) is 12.1 Å². The Kier molecular flexibility index (Phi) is 36.6. The van der Waals surface area contributed by atoms with Gasteiger partial charge in [0.15, 0.2) is 0 Å². The van der Waals surface area contributed by atoms with Crippen molar-refractivity contribution in [3.05, 3.63) is 0 Å². The van der Waals surface area contributed by atoms with Gasteiger partial charge in [-0.1, -0.05) is 136 Å². The van der Waals surface area contributed by atoms with E-state index in [0.717, 1.165) is 45.4 Å². The van der Waals surface area contributed by atoms with Crippen molar-refractivity contribution in [3.8, 4) is 0 Å². The molecule has 5 nitrogen and oxygen atoms in total. The van der Waals surface area contributed by atoms with Crippen molar-refractivity contribution in [2.75, 3.05) is 32.7 Å². The van der Waals surface area contributed by atoms with Gasteiger partial charge < -0.3 is 27.8 Å². The van der Waals surface area contributed by atoms with Gasteiger partial charge in [-0.15, -0.1) is 0 Å². The van der Waals surface area contributed by atoms with Crippen molar-refractivity contribution in [3.63, 3.8) is 0 Å². The highest BCUT2D eigenvalue weighted by atomic mass is 15.1. The summed E-state index contributed by atoms with van der Waals surface area (Å²) in [6.07, 6.45) is 31.2. The lowest BCUT2D eigenvalue weighted by Gasteiger charge is -2.21. The molecule has 0 saturated carbocycles. The Morgan fingerprint density at radius 1 is 0.447 bits per heavy atom. The van der Waals surface area contributed by atoms with Crippen molar-refractivity contribution in [1.82, 2.24) is 4.90 Å². The first-order valence-corrected chi connectivity index (χ1v) is 17.2. The zero-order valence-corrected chi connectivity index (χ0v) is 26.7. The maximum absolute atomic E-state index is 5.90. The van der Waals surface area contributed by atoms with Crippen LogP contribution in [0.25, 0.3) is 0 Å². The van der Waals surface area contributed by atoms with Crippen LogP contribution in [0.15, 0.2) is 0 Å². The highest BCUT2D eigenvalue weighted by Gasteiger charge is 2.06. The molecule has 0 aliphatic carbocycles. The molecule has 0 saturated heterocycles. The van der Waals surface area contributed by atoms with Gasteiger partial charge in [-0.25, -0.2) is 0 Å². The van der Waals surface area contributed by atoms with Gasteiger partial charge in [-0.2, -0.15) is 0 Å². The van der Waals surface area contributed by atoms with E-state index in [4.69, 9.17) is 22.9 Å². The monoisotopic (exact) mass is 542 g/mol.